The maximum absolute atomic E-state index is 11.4. The molecule has 0 aliphatic rings. The molecule has 0 bridgehead atoms. The van der Waals surface area contributed by atoms with E-state index in [1.54, 1.807) is 0 Å². The Labute approximate surface area is 75.5 Å². The highest BCUT2D eigenvalue weighted by atomic mass is 16.1. The summed E-state index contributed by atoms with van der Waals surface area (Å²) in [5, 5.41) is 0. The second-order valence-corrected chi connectivity index (χ2v) is 4.26. The molecule has 0 aromatic carbocycles. The summed E-state index contributed by atoms with van der Waals surface area (Å²) in [5.74, 6) is 0.545. The predicted octanol–water partition coefficient (Wildman–Crippen LogP) is 2.12. The van der Waals surface area contributed by atoms with Crippen molar-refractivity contribution >= 4 is 5.78 Å². The van der Waals surface area contributed by atoms with Gasteiger partial charge in [-0.15, -0.1) is 0 Å². The molecule has 0 saturated heterocycles. The maximum Gasteiger partial charge on any atom is 0.135 e. The van der Waals surface area contributed by atoms with E-state index in [-0.39, 0.29) is 11.5 Å². The quantitative estimate of drug-likeness (QED) is 0.688. The number of carbonyl (C=O) groups is 1. The number of ketones is 1. The molecule has 0 rings (SSSR count). The molecular weight excluding hydrogens is 150 g/mol. The SMILES string of the molecule is CCC(C)C(=O)CCC(C)(C)N. The van der Waals surface area contributed by atoms with E-state index in [4.69, 9.17) is 5.73 Å². The van der Waals surface area contributed by atoms with E-state index in [0.717, 1.165) is 12.8 Å². The van der Waals surface area contributed by atoms with Crippen LogP contribution in [0.25, 0.3) is 0 Å². The lowest BCUT2D eigenvalue weighted by atomic mass is 9.93. The summed E-state index contributed by atoms with van der Waals surface area (Å²) in [6.45, 7) is 7.93. The van der Waals surface area contributed by atoms with Crippen LogP contribution in [0.2, 0.25) is 0 Å². The summed E-state index contributed by atoms with van der Waals surface area (Å²) in [5.41, 5.74) is 5.57. The minimum atomic E-state index is -0.205. The van der Waals surface area contributed by atoms with Gasteiger partial charge in [0.1, 0.15) is 5.78 Å². The summed E-state index contributed by atoms with van der Waals surface area (Å²) in [7, 11) is 0. The van der Waals surface area contributed by atoms with Crippen LogP contribution in [-0.4, -0.2) is 11.3 Å². The van der Waals surface area contributed by atoms with Gasteiger partial charge in [0.05, 0.1) is 0 Å². The number of nitrogens with two attached hydrogens (primary N) is 1. The largest absolute Gasteiger partial charge is 0.326 e. The van der Waals surface area contributed by atoms with E-state index in [0.29, 0.717) is 12.2 Å². The van der Waals surface area contributed by atoms with Gasteiger partial charge in [-0.1, -0.05) is 13.8 Å². The van der Waals surface area contributed by atoms with Crippen molar-refractivity contribution in [1.82, 2.24) is 0 Å². The molecule has 2 nitrogen and oxygen atoms in total. The number of rotatable bonds is 5. The molecule has 0 saturated carbocycles. The molecule has 0 radical (unpaired) electrons. The Bertz CT molecular complexity index is 146. The highest BCUT2D eigenvalue weighted by molar-refractivity contribution is 5.80. The fraction of sp³-hybridized carbons (Fsp3) is 0.900. The standard InChI is InChI=1S/C10H21NO/c1-5-8(2)9(12)6-7-10(3,4)11/h8H,5-7,11H2,1-4H3. The average Bonchev–Trinajstić information content (AvgIpc) is 1.97. The Morgan fingerprint density at radius 3 is 2.33 bits per heavy atom. The van der Waals surface area contributed by atoms with Crippen LogP contribution in [0, 0.1) is 5.92 Å². The molecule has 0 aromatic rings. The molecule has 0 heterocycles. The molecule has 0 amide bonds. The van der Waals surface area contributed by atoms with Crippen molar-refractivity contribution in [3.8, 4) is 0 Å². The van der Waals surface area contributed by atoms with Crippen LogP contribution < -0.4 is 5.73 Å². The first kappa shape index (κ1) is 11.6. The van der Waals surface area contributed by atoms with Gasteiger partial charge in [-0.3, -0.25) is 4.79 Å². The molecule has 1 atom stereocenters. The summed E-state index contributed by atoms with van der Waals surface area (Å²) in [6, 6.07) is 0. The van der Waals surface area contributed by atoms with Gasteiger partial charge in [0.25, 0.3) is 0 Å². The number of hydrogen-bond acceptors (Lipinski definition) is 2. The zero-order chi connectivity index (χ0) is 9.78. The second kappa shape index (κ2) is 4.61. The lowest BCUT2D eigenvalue weighted by Crippen LogP contribution is -2.32. The maximum atomic E-state index is 11.4. The highest BCUT2D eigenvalue weighted by Crippen LogP contribution is 2.12. The molecule has 0 fully saturated rings. The Hall–Kier alpha value is -0.370. The van der Waals surface area contributed by atoms with Gasteiger partial charge >= 0.3 is 0 Å². The minimum absolute atomic E-state index is 0.201. The molecular formula is C10H21NO. The summed E-state index contributed by atoms with van der Waals surface area (Å²) >= 11 is 0. The Balaban J connectivity index is 3.72. The van der Waals surface area contributed by atoms with Gasteiger partial charge < -0.3 is 5.73 Å². The molecule has 12 heavy (non-hydrogen) atoms. The zero-order valence-corrected chi connectivity index (χ0v) is 8.68. The average molecular weight is 171 g/mol. The third-order valence-electron chi connectivity index (χ3n) is 2.18. The first-order chi connectivity index (χ1) is 5.37. The van der Waals surface area contributed by atoms with Crippen LogP contribution in [0.5, 0.6) is 0 Å². The van der Waals surface area contributed by atoms with Crippen LogP contribution >= 0.6 is 0 Å². The third-order valence-corrected chi connectivity index (χ3v) is 2.18. The van der Waals surface area contributed by atoms with Gasteiger partial charge in [0.2, 0.25) is 0 Å². The van der Waals surface area contributed by atoms with E-state index in [1.165, 1.54) is 0 Å². The van der Waals surface area contributed by atoms with Crippen LogP contribution in [0.4, 0.5) is 0 Å². The fourth-order valence-corrected chi connectivity index (χ4v) is 0.919. The molecule has 0 aliphatic heterocycles. The van der Waals surface area contributed by atoms with Gasteiger partial charge in [-0.05, 0) is 26.7 Å². The topological polar surface area (TPSA) is 43.1 Å². The molecule has 0 aliphatic carbocycles. The van der Waals surface area contributed by atoms with Gasteiger partial charge in [-0.2, -0.15) is 0 Å². The molecule has 72 valence electrons. The normalized spacial score (nSPS) is 14.4. The molecule has 0 aromatic heterocycles. The predicted molar refractivity (Wildman–Crippen MR) is 52.0 cm³/mol. The summed E-state index contributed by atoms with van der Waals surface area (Å²) in [6.07, 6.45) is 2.35. The van der Waals surface area contributed by atoms with Crippen molar-refractivity contribution in [2.24, 2.45) is 11.7 Å². The highest BCUT2D eigenvalue weighted by Gasteiger charge is 2.16. The van der Waals surface area contributed by atoms with Crippen molar-refractivity contribution in [2.45, 2.75) is 52.5 Å². The lowest BCUT2D eigenvalue weighted by Gasteiger charge is -2.18. The second-order valence-electron chi connectivity index (χ2n) is 4.26. The third kappa shape index (κ3) is 5.30. The molecule has 0 spiro atoms. The molecule has 1 unspecified atom stereocenters. The fourth-order valence-electron chi connectivity index (χ4n) is 0.919. The van der Waals surface area contributed by atoms with E-state index < -0.39 is 0 Å². The lowest BCUT2D eigenvalue weighted by molar-refractivity contribution is -0.122. The summed E-state index contributed by atoms with van der Waals surface area (Å²) in [4.78, 5) is 11.4. The molecule has 2 N–H and O–H groups in total. The van der Waals surface area contributed by atoms with Crippen molar-refractivity contribution < 1.29 is 4.79 Å². The Morgan fingerprint density at radius 2 is 2.00 bits per heavy atom. The minimum Gasteiger partial charge on any atom is -0.326 e. The van der Waals surface area contributed by atoms with Crippen molar-refractivity contribution in [3.63, 3.8) is 0 Å². The smallest absolute Gasteiger partial charge is 0.135 e. The van der Waals surface area contributed by atoms with E-state index in [2.05, 4.69) is 0 Å². The van der Waals surface area contributed by atoms with Crippen LogP contribution in [0.15, 0.2) is 0 Å². The van der Waals surface area contributed by atoms with Gasteiger partial charge in [0, 0.05) is 17.9 Å². The van der Waals surface area contributed by atoms with Crippen LogP contribution in [-0.2, 0) is 4.79 Å². The van der Waals surface area contributed by atoms with Crippen molar-refractivity contribution in [3.05, 3.63) is 0 Å². The van der Waals surface area contributed by atoms with Crippen LogP contribution in [0.1, 0.15) is 47.0 Å². The van der Waals surface area contributed by atoms with Gasteiger partial charge in [0.15, 0.2) is 0 Å². The monoisotopic (exact) mass is 171 g/mol. The van der Waals surface area contributed by atoms with Crippen molar-refractivity contribution in [2.75, 3.05) is 0 Å². The summed E-state index contributed by atoms with van der Waals surface area (Å²) < 4.78 is 0. The Morgan fingerprint density at radius 1 is 1.50 bits per heavy atom. The van der Waals surface area contributed by atoms with Crippen LogP contribution in [0.3, 0.4) is 0 Å². The van der Waals surface area contributed by atoms with Gasteiger partial charge in [-0.25, -0.2) is 0 Å². The van der Waals surface area contributed by atoms with E-state index in [1.807, 2.05) is 27.7 Å². The molecule has 2 heteroatoms. The zero-order valence-electron chi connectivity index (χ0n) is 8.68. The first-order valence-corrected chi connectivity index (χ1v) is 4.68. The van der Waals surface area contributed by atoms with E-state index >= 15 is 0 Å². The number of carbonyl (C=O) groups excluding carboxylic acids is 1. The van der Waals surface area contributed by atoms with E-state index in [9.17, 15) is 4.79 Å². The first-order valence-electron chi connectivity index (χ1n) is 4.68. The number of hydrogen-bond donors (Lipinski definition) is 1. The van der Waals surface area contributed by atoms with Crippen molar-refractivity contribution in [1.29, 1.82) is 0 Å². The number of Topliss-reactive ketones (excluding diaryl/α,β-unsaturated/α-hetero) is 1. The Kier molecular flexibility index (Phi) is 4.46.